The van der Waals surface area contributed by atoms with Gasteiger partial charge in [0.15, 0.2) is 29.1 Å². The Morgan fingerprint density at radius 2 is 1.85 bits per heavy atom. The highest BCUT2D eigenvalue weighted by atomic mass is 31.2. The van der Waals surface area contributed by atoms with E-state index < -0.39 is 58.1 Å². The molecule has 0 aliphatic carbocycles. The van der Waals surface area contributed by atoms with Gasteiger partial charge >= 0.3 is 15.2 Å². The summed E-state index contributed by atoms with van der Waals surface area (Å²) in [7, 11) is -9.57. The largest absolute Gasteiger partial charge is 0.387 e. The number of ether oxygens (including phenoxy) is 3. The summed E-state index contributed by atoms with van der Waals surface area (Å²) in [6, 6.07) is 0. The first kappa shape index (κ1) is 32.0. The normalized spacial score (nSPS) is 22.6. The van der Waals surface area contributed by atoms with E-state index in [9.17, 15) is 29.0 Å². The number of carbonyl (C=O) groups excluding carboxylic acids is 1. The van der Waals surface area contributed by atoms with Crippen molar-refractivity contribution in [2.75, 3.05) is 50.8 Å². The Bertz CT molecular complexity index is 1300. The van der Waals surface area contributed by atoms with Gasteiger partial charge in [-0.05, 0) is 5.53 Å². The molecule has 0 radical (unpaired) electrons. The van der Waals surface area contributed by atoms with Crippen LogP contribution in [0, 0.1) is 0 Å². The Morgan fingerprint density at radius 1 is 1.12 bits per heavy atom. The minimum Gasteiger partial charge on any atom is -0.387 e. The molecule has 0 spiro atoms. The third-order valence-electron chi connectivity index (χ3n) is 5.28. The number of fused-ring (bicyclic) bond motifs is 1. The monoisotopic (exact) mass is 610 g/mol. The van der Waals surface area contributed by atoms with Crippen LogP contribution in [-0.2, 0) is 32.7 Å². The van der Waals surface area contributed by atoms with Gasteiger partial charge in [0.2, 0.25) is 5.91 Å². The number of rotatable bonds is 16. The fourth-order valence-corrected chi connectivity index (χ4v) is 6.09. The van der Waals surface area contributed by atoms with E-state index in [1.165, 1.54) is 10.9 Å². The number of imidazole rings is 1. The van der Waals surface area contributed by atoms with Gasteiger partial charge in [0.25, 0.3) is 0 Å². The van der Waals surface area contributed by atoms with Crippen molar-refractivity contribution in [3.8, 4) is 0 Å². The van der Waals surface area contributed by atoms with Crippen molar-refractivity contribution in [3.05, 3.63) is 23.1 Å². The second-order valence-electron chi connectivity index (χ2n) is 8.31. The van der Waals surface area contributed by atoms with Crippen LogP contribution in [0.25, 0.3) is 21.6 Å². The van der Waals surface area contributed by atoms with E-state index in [0.717, 1.165) is 6.33 Å². The fraction of sp³-hybridized carbons (Fsp3) is 0.667. The van der Waals surface area contributed by atoms with Crippen LogP contribution in [0.1, 0.15) is 12.6 Å². The molecule has 1 aliphatic rings. The molecule has 5 unspecified atom stereocenters. The van der Waals surface area contributed by atoms with Crippen LogP contribution < -0.4 is 5.32 Å². The van der Waals surface area contributed by atoms with Crippen LogP contribution in [-0.4, -0.2) is 114 Å². The van der Waals surface area contributed by atoms with Crippen LogP contribution in [0.4, 0.5) is 5.82 Å². The number of amides is 1. The molecule has 20 nitrogen and oxygen atoms in total. The van der Waals surface area contributed by atoms with Gasteiger partial charge in [-0.15, -0.1) is 0 Å². The predicted molar refractivity (Wildman–Crippen MR) is 133 cm³/mol. The molecule has 1 aliphatic heterocycles. The SMILES string of the molecule is [N-]=[N+]=NCCOCCOCCC(=O)Nc1ncnc2c1ncn2C1OC(COP(=O)(O)CP(=O)(O)O)C(O)C1O. The van der Waals surface area contributed by atoms with E-state index in [1.807, 2.05) is 0 Å². The zero-order valence-electron chi connectivity index (χ0n) is 20.7. The summed E-state index contributed by atoms with van der Waals surface area (Å²) in [5.74, 6) is -1.80. The number of hydrogen-bond donors (Lipinski definition) is 6. The van der Waals surface area contributed by atoms with Crippen molar-refractivity contribution in [3.63, 3.8) is 0 Å². The molecular formula is C18H28N8O12P2. The summed E-state index contributed by atoms with van der Waals surface area (Å²) in [5, 5.41) is 26.8. The Morgan fingerprint density at radius 3 is 2.55 bits per heavy atom. The summed E-state index contributed by atoms with van der Waals surface area (Å²) in [6.45, 7) is 0.285. The van der Waals surface area contributed by atoms with Crippen molar-refractivity contribution in [1.82, 2.24) is 19.5 Å². The first-order valence-electron chi connectivity index (χ1n) is 11.6. The predicted octanol–water partition coefficient (Wildman–Crippen LogP) is -0.545. The minimum absolute atomic E-state index is 0.0139. The maximum Gasteiger partial charge on any atom is 0.340 e. The first-order valence-corrected chi connectivity index (χ1v) is 15.1. The lowest BCUT2D eigenvalue weighted by Crippen LogP contribution is -2.33. The van der Waals surface area contributed by atoms with E-state index in [2.05, 4.69) is 34.8 Å². The van der Waals surface area contributed by atoms with Gasteiger partial charge in [-0.2, -0.15) is 0 Å². The highest BCUT2D eigenvalue weighted by molar-refractivity contribution is 7.70. The number of carbonyl (C=O) groups is 1. The van der Waals surface area contributed by atoms with Crippen LogP contribution in [0.2, 0.25) is 0 Å². The summed E-state index contributed by atoms with van der Waals surface area (Å²) in [4.78, 5) is 54.6. The summed E-state index contributed by atoms with van der Waals surface area (Å²) in [6.07, 6.45) is -3.47. The number of aliphatic hydroxyl groups is 2. The van der Waals surface area contributed by atoms with Gasteiger partial charge in [0.1, 0.15) is 24.6 Å². The number of aliphatic hydroxyl groups excluding tert-OH is 2. The molecular weight excluding hydrogens is 582 g/mol. The maximum atomic E-state index is 12.3. The molecule has 3 rings (SSSR count). The van der Waals surface area contributed by atoms with Crippen LogP contribution in [0.15, 0.2) is 17.8 Å². The first-order chi connectivity index (χ1) is 18.9. The standard InChI is InChI=1S/C18H28N8O12P2/c19-25-23-2-4-36-6-5-35-3-1-12(27)24-16-13-17(21-8-20-16)26(9-22-13)18-15(29)14(28)11(38-18)7-37-40(33,34)10-39(30,31)32/h8-9,11,14-15,18,28-29H,1-7,10H2,(H,33,34)(H2,30,31,32)(H,20,21,24,27). The second-order valence-corrected chi connectivity index (χ2v) is 12.3. The van der Waals surface area contributed by atoms with Crippen molar-refractivity contribution in [2.24, 2.45) is 5.11 Å². The minimum atomic E-state index is -4.86. The molecule has 40 heavy (non-hydrogen) atoms. The zero-order chi connectivity index (χ0) is 29.3. The molecule has 2 aromatic rings. The molecule has 22 heteroatoms. The topological polar surface area (TPSA) is 294 Å². The molecule has 222 valence electrons. The highest BCUT2D eigenvalue weighted by Gasteiger charge is 2.45. The van der Waals surface area contributed by atoms with Crippen LogP contribution >= 0.6 is 15.2 Å². The van der Waals surface area contributed by atoms with Gasteiger partial charge in [0.05, 0.1) is 45.8 Å². The van der Waals surface area contributed by atoms with Crippen LogP contribution in [0.5, 0.6) is 0 Å². The molecule has 3 heterocycles. The Kier molecular flexibility index (Phi) is 11.5. The van der Waals surface area contributed by atoms with Gasteiger partial charge in [-0.1, -0.05) is 5.11 Å². The van der Waals surface area contributed by atoms with Crippen molar-refractivity contribution in [1.29, 1.82) is 0 Å². The fourth-order valence-electron chi connectivity index (χ4n) is 3.52. The van der Waals surface area contributed by atoms with E-state index in [1.54, 1.807) is 0 Å². The molecule has 1 amide bonds. The number of aromatic nitrogens is 4. The number of anilines is 1. The zero-order valence-corrected chi connectivity index (χ0v) is 22.5. The Labute approximate surface area is 225 Å². The van der Waals surface area contributed by atoms with E-state index in [-0.39, 0.29) is 56.4 Å². The van der Waals surface area contributed by atoms with Crippen LogP contribution in [0.3, 0.4) is 0 Å². The molecule has 0 saturated carbocycles. The maximum absolute atomic E-state index is 12.3. The van der Waals surface area contributed by atoms with Gasteiger partial charge in [-0.25, -0.2) is 15.0 Å². The quantitative estimate of drug-likeness (QED) is 0.0457. The van der Waals surface area contributed by atoms with Gasteiger partial charge in [-0.3, -0.25) is 18.5 Å². The molecule has 5 atom stereocenters. The third-order valence-corrected chi connectivity index (χ3v) is 8.73. The van der Waals surface area contributed by atoms with Gasteiger partial charge < -0.3 is 48.9 Å². The lowest BCUT2D eigenvalue weighted by atomic mass is 10.1. The summed E-state index contributed by atoms with van der Waals surface area (Å²) >= 11 is 0. The Hall–Kier alpha value is -2.57. The number of azide groups is 1. The number of nitrogens with zero attached hydrogens (tertiary/aromatic N) is 7. The van der Waals surface area contributed by atoms with E-state index >= 15 is 0 Å². The smallest absolute Gasteiger partial charge is 0.340 e. The van der Waals surface area contributed by atoms with Crippen molar-refractivity contribution >= 4 is 38.1 Å². The summed E-state index contributed by atoms with van der Waals surface area (Å²) < 4.78 is 44.9. The molecule has 1 fully saturated rings. The second kappa shape index (κ2) is 14.4. The highest BCUT2D eigenvalue weighted by Crippen LogP contribution is 2.55. The van der Waals surface area contributed by atoms with Crippen molar-refractivity contribution in [2.45, 2.75) is 31.0 Å². The number of nitrogens with one attached hydrogen (secondary N) is 1. The number of hydrogen-bond acceptors (Lipinski definition) is 13. The van der Waals surface area contributed by atoms with Gasteiger partial charge in [0, 0.05) is 11.5 Å². The molecule has 0 aromatic carbocycles. The van der Waals surface area contributed by atoms with E-state index in [4.69, 9.17) is 29.5 Å². The van der Waals surface area contributed by atoms with Crippen molar-refractivity contribution < 1.29 is 57.6 Å². The Balaban J connectivity index is 1.56. The molecule has 0 bridgehead atoms. The average molecular weight is 610 g/mol. The average Bonchev–Trinajstić information content (AvgIpc) is 3.42. The molecule has 6 N–H and O–H groups in total. The summed E-state index contributed by atoms with van der Waals surface area (Å²) in [5.41, 5.74) is 8.42. The lowest BCUT2D eigenvalue weighted by molar-refractivity contribution is -0.117. The molecule has 1 saturated heterocycles. The third kappa shape index (κ3) is 9.24. The lowest BCUT2D eigenvalue weighted by Gasteiger charge is -2.18. The van der Waals surface area contributed by atoms with E-state index in [0.29, 0.717) is 0 Å². The molecule has 2 aromatic heterocycles.